The molecule has 100 valence electrons. The summed E-state index contributed by atoms with van der Waals surface area (Å²) in [5.41, 5.74) is 0.467. The number of esters is 1. The zero-order valence-corrected chi connectivity index (χ0v) is 12.6. The normalized spacial score (nSPS) is 10.7. The van der Waals surface area contributed by atoms with E-state index in [1.165, 1.54) is 19.3 Å². The van der Waals surface area contributed by atoms with E-state index in [0.717, 1.165) is 0 Å². The number of phenols is 1. The van der Waals surface area contributed by atoms with Gasteiger partial charge in [0, 0.05) is 0 Å². The highest BCUT2D eigenvalue weighted by Crippen LogP contribution is 2.33. The summed E-state index contributed by atoms with van der Waals surface area (Å²) in [6.07, 6.45) is 1.39. The molecule has 0 unspecified atom stereocenters. The maximum absolute atomic E-state index is 11.5. The summed E-state index contributed by atoms with van der Waals surface area (Å²) < 4.78 is 10.3. The molecular weight excluding hydrogens is 361 g/mol. The summed E-state index contributed by atoms with van der Waals surface area (Å²) in [4.78, 5) is 11.5. The minimum Gasteiger partial charge on any atom is -0.504 e. The number of nitrogens with zero attached hydrogens (tertiary/aromatic N) is 1. The smallest absolute Gasteiger partial charge is 0.348 e. The van der Waals surface area contributed by atoms with Crippen LogP contribution in [0, 0.1) is 14.9 Å². The third kappa shape index (κ3) is 3.86. The molecule has 0 radical (unpaired) electrons. The second-order valence-corrected chi connectivity index (χ2v) is 4.61. The lowest BCUT2D eigenvalue weighted by Crippen LogP contribution is -2.06. The number of methoxy groups -OCH3 is 1. The largest absolute Gasteiger partial charge is 0.504 e. The maximum Gasteiger partial charge on any atom is 0.348 e. The molecule has 0 amide bonds. The van der Waals surface area contributed by atoms with Crippen LogP contribution in [0.15, 0.2) is 17.7 Å². The zero-order chi connectivity index (χ0) is 14.4. The summed E-state index contributed by atoms with van der Waals surface area (Å²) in [6, 6.07) is 4.96. The summed E-state index contributed by atoms with van der Waals surface area (Å²) in [5.74, 6) is -0.374. The average Bonchev–Trinajstić information content (AvgIpc) is 2.39. The highest BCUT2D eigenvalue weighted by Gasteiger charge is 2.12. The molecule has 0 atom stereocenters. The number of carbonyl (C=O) groups is 1. The van der Waals surface area contributed by atoms with E-state index >= 15 is 0 Å². The second kappa shape index (κ2) is 6.99. The summed E-state index contributed by atoms with van der Waals surface area (Å²) in [5, 5.41) is 18.6. The van der Waals surface area contributed by atoms with Crippen LogP contribution in [0.5, 0.6) is 11.5 Å². The lowest BCUT2D eigenvalue weighted by Gasteiger charge is -2.07. The molecule has 0 saturated carbocycles. The van der Waals surface area contributed by atoms with Crippen molar-refractivity contribution in [1.82, 2.24) is 0 Å². The number of rotatable bonds is 4. The highest BCUT2D eigenvalue weighted by atomic mass is 127. The number of aromatic hydroxyl groups is 1. The van der Waals surface area contributed by atoms with Crippen LogP contribution >= 0.6 is 22.6 Å². The Hall–Kier alpha value is -1.75. The van der Waals surface area contributed by atoms with Gasteiger partial charge in [-0.1, -0.05) is 0 Å². The summed E-state index contributed by atoms with van der Waals surface area (Å²) in [6.45, 7) is 1.87. The van der Waals surface area contributed by atoms with Gasteiger partial charge in [0.1, 0.15) is 11.6 Å². The van der Waals surface area contributed by atoms with Gasteiger partial charge in [-0.15, -0.1) is 0 Å². The predicted molar refractivity (Wildman–Crippen MR) is 77.6 cm³/mol. The van der Waals surface area contributed by atoms with Gasteiger partial charge in [0.15, 0.2) is 11.5 Å². The van der Waals surface area contributed by atoms with E-state index in [1.54, 1.807) is 19.1 Å². The average molecular weight is 373 g/mol. The van der Waals surface area contributed by atoms with Gasteiger partial charge < -0.3 is 14.6 Å². The molecule has 5 nitrogen and oxygen atoms in total. The van der Waals surface area contributed by atoms with Crippen molar-refractivity contribution in [1.29, 1.82) is 5.26 Å². The minimum absolute atomic E-state index is 0.0230. The molecule has 6 heteroatoms. The first-order chi connectivity index (χ1) is 9.03. The molecule has 0 aliphatic rings. The van der Waals surface area contributed by atoms with Crippen molar-refractivity contribution in [3.8, 4) is 17.6 Å². The number of nitriles is 1. The molecule has 1 N–H and O–H groups in total. The standard InChI is InChI=1S/C13H12INO4/c1-3-19-13(17)9(7-15)4-8-5-10(14)12(16)11(6-8)18-2/h4-6,16H,3H2,1-2H3/b9-4+. The molecule has 0 saturated heterocycles. The van der Waals surface area contributed by atoms with E-state index in [2.05, 4.69) is 0 Å². The SMILES string of the molecule is CCOC(=O)/C(C#N)=C/c1cc(I)c(O)c(OC)c1. The molecule has 0 aromatic heterocycles. The highest BCUT2D eigenvalue weighted by molar-refractivity contribution is 14.1. The number of carbonyl (C=O) groups excluding carboxylic acids is 1. The minimum atomic E-state index is -0.674. The Morgan fingerprint density at radius 1 is 1.58 bits per heavy atom. The quantitative estimate of drug-likeness (QED) is 0.380. The van der Waals surface area contributed by atoms with Crippen LogP contribution < -0.4 is 4.74 Å². The summed E-state index contributed by atoms with van der Waals surface area (Å²) >= 11 is 1.93. The number of hydrogen-bond donors (Lipinski definition) is 1. The topological polar surface area (TPSA) is 79.6 Å². The van der Waals surface area contributed by atoms with E-state index in [4.69, 9.17) is 14.7 Å². The van der Waals surface area contributed by atoms with Crippen molar-refractivity contribution >= 4 is 34.6 Å². The Labute approximate surface area is 124 Å². The van der Waals surface area contributed by atoms with Crippen molar-refractivity contribution in [2.75, 3.05) is 13.7 Å². The number of halogens is 1. The Kier molecular flexibility index (Phi) is 5.63. The van der Waals surface area contributed by atoms with Gasteiger partial charge in [-0.2, -0.15) is 5.26 Å². The van der Waals surface area contributed by atoms with E-state index < -0.39 is 5.97 Å². The second-order valence-electron chi connectivity index (χ2n) is 3.44. The van der Waals surface area contributed by atoms with E-state index in [-0.39, 0.29) is 23.7 Å². The third-order valence-corrected chi connectivity index (χ3v) is 3.02. The molecule has 19 heavy (non-hydrogen) atoms. The van der Waals surface area contributed by atoms with Crippen LogP contribution in [0.2, 0.25) is 0 Å². The zero-order valence-electron chi connectivity index (χ0n) is 10.4. The van der Waals surface area contributed by atoms with Gasteiger partial charge in [0.25, 0.3) is 0 Å². The van der Waals surface area contributed by atoms with Crippen molar-refractivity contribution in [2.45, 2.75) is 6.92 Å². The molecule has 1 aromatic rings. The van der Waals surface area contributed by atoms with Crippen molar-refractivity contribution in [3.05, 3.63) is 26.8 Å². The first-order valence-electron chi connectivity index (χ1n) is 5.38. The van der Waals surface area contributed by atoms with Gasteiger partial charge >= 0.3 is 5.97 Å². The molecule has 0 fully saturated rings. The van der Waals surface area contributed by atoms with E-state index in [1.807, 2.05) is 22.6 Å². The van der Waals surface area contributed by atoms with Crippen LogP contribution in [-0.2, 0) is 9.53 Å². The van der Waals surface area contributed by atoms with Crippen LogP contribution in [0.25, 0.3) is 6.08 Å². The van der Waals surface area contributed by atoms with Crippen LogP contribution in [0.4, 0.5) is 0 Å². The van der Waals surface area contributed by atoms with Gasteiger partial charge in [-0.25, -0.2) is 4.79 Å². The summed E-state index contributed by atoms with van der Waals surface area (Å²) in [7, 11) is 1.43. The van der Waals surface area contributed by atoms with Crippen LogP contribution in [-0.4, -0.2) is 24.8 Å². The number of ether oxygens (including phenoxy) is 2. The Balaban J connectivity index is 3.20. The Morgan fingerprint density at radius 3 is 2.79 bits per heavy atom. The number of benzene rings is 1. The fourth-order valence-corrected chi connectivity index (χ4v) is 1.97. The third-order valence-electron chi connectivity index (χ3n) is 2.20. The maximum atomic E-state index is 11.5. The van der Waals surface area contributed by atoms with Gasteiger partial charge in [0.05, 0.1) is 17.3 Å². The molecule has 1 aromatic carbocycles. The van der Waals surface area contributed by atoms with Gasteiger partial charge in [-0.3, -0.25) is 0 Å². The van der Waals surface area contributed by atoms with Crippen LogP contribution in [0.1, 0.15) is 12.5 Å². The Morgan fingerprint density at radius 2 is 2.26 bits per heavy atom. The molecule has 0 bridgehead atoms. The molecular formula is C13H12INO4. The lowest BCUT2D eigenvalue weighted by atomic mass is 10.1. The fourth-order valence-electron chi connectivity index (χ4n) is 1.35. The van der Waals surface area contributed by atoms with Crippen molar-refractivity contribution in [3.63, 3.8) is 0 Å². The first kappa shape index (κ1) is 15.3. The molecule has 0 heterocycles. The van der Waals surface area contributed by atoms with Crippen molar-refractivity contribution < 1.29 is 19.4 Å². The number of hydrogen-bond acceptors (Lipinski definition) is 5. The molecule has 0 aliphatic heterocycles. The van der Waals surface area contributed by atoms with Gasteiger partial charge in [0.2, 0.25) is 0 Å². The van der Waals surface area contributed by atoms with Gasteiger partial charge in [-0.05, 0) is 53.3 Å². The fraction of sp³-hybridized carbons (Fsp3) is 0.231. The van der Waals surface area contributed by atoms with E-state index in [0.29, 0.717) is 9.13 Å². The predicted octanol–water partition coefficient (Wildman–Crippen LogP) is 2.48. The Bertz CT molecular complexity index is 560. The first-order valence-corrected chi connectivity index (χ1v) is 6.46. The monoisotopic (exact) mass is 373 g/mol. The van der Waals surface area contributed by atoms with E-state index in [9.17, 15) is 9.90 Å². The number of phenolic OH excluding ortho intramolecular Hbond substituents is 1. The molecule has 0 aliphatic carbocycles. The molecule has 0 spiro atoms. The van der Waals surface area contributed by atoms with Crippen molar-refractivity contribution in [2.24, 2.45) is 0 Å². The lowest BCUT2D eigenvalue weighted by molar-refractivity contribution is -0.137. The van der Waals surface area contributed by atoms with Crippen LogP contribution in [0.3, 0.4) is 0 Å². The molecule has 1 rings (SSSR count).